The fraction of sp³-hybridized carbons (Fsp3) is 0.0714. The summed E-state index contributed by atoms with van der Waals surface area (Å²) >= 11 is 11.6. The maximum atomic E-state index is 11.7. The summed E-state index contributed by atoms with van der Waals surface area (Å²) in [7, 11) is 0. The minimum atomic E-state index is -0.280. The Morgan fingerprint density at radius 1 is 1.00 bits per heavy atom. The molecule has 0 aromatic heterocycles. The summed E-state index contributed by atoms with van der Waals surface area (Å²) in [5.41, 5.74) is 1.63. The predicted octanol–water partition coefficient (Wildman–Crippen LogP) is 4.32. The van der Waals surface area contributed by atoms with Crippen molar-refractivity contribution in [1.29, 1.82) is 0 Å². The zero-order valence-electron chi connectivity index (χ0n) is 9.99. The van der Waals surface area contributed by atoms with Crippen molar-refractivity contribution in [3.05, 3.63) is 64.1 Å². The first kappa shape index (κ1) is 13.7. The number of carbonyl (C=O) groups is 1. The third-order valence-corrected chi connectivity index (χ3v) is 2.94. The first-order chi connectivity index (χ1) is 9.13. The van der Waals surface area contributed by atoms with E-state index in [2.05, 4.69) is 10.6 Å². The fourth-order valence-corrected chi connectivity index (χ4v) is 1.84. The minimum absolute atomic E-state index is 0.280. The number of hydrogen-bond donors (Lipinski definition) is 2. The number of carbonyl (C=O) groups excluding carboxylic acids is 1. The first-order valence-corrected chi connectivity index (χ1v) is 6.44. The highest BCUT2D eigenvalue weighted by molar-refractivity contribution is 6.31. The molecule has 0 aliphatic carbocycles. The van der Waals surface area contributed by atoms with Crippen molar-refractivity contribution in [2.75, 3.05) is 5.32 Å². The van der Waals surface area contributed by atoms with Crippen LogP contribution in [-0.4, -0.2) is 6.03 Å². The maximum absolute atomic E-state index is 11.7. The van der Waals surface area contributed by atoms with Gasteiger partial charge in [0.2, 0.25) is 0 Å². The van der Waals surface area contributed by atoms with Crippen molar-refractivity contribution in [1.82, 2.24) is 5.32 Å². The molecule has 0 aliphatic heterocycles. The largest absolute Gasteiger partial charge is 0.334 e. The number of benzene rings is 2. The Labute approximate surface area is 121 Å². The second-order valence-electron chi connectivity index (χ2n) is 3.94. The third kappa shape index (κ3) is 4.47. The Bertz CT molecular complexity index is 570. The number of hydrogen-bond acceptors (Lipinski definition) is 1. The summed E-state index contributed by atoms with van der Waals surface area (Å²) in [6.07, 6.45) is 0. The van der Waals surface area contributed by atoms with E-state index in [4.69, 9.17) is 23.2 Å². The Hall–Kier alpha value is -1.71. The van der Waals surface area contributed by atoms with Crippen LogP contribution in [0.15, 0.2) is 48.5 Å². The zero-order chi connectivity index (χ0) is 13.7. The highest BCUT2D eigenvalue weighted by atomic mass is 35.5. The van der Waals surface area contributed by atoms with Gasteiger partial charge in [0.1, 0.15) is 0 Å². The molecule has 19 heavy (non-hydrogen) atoms. The quantitative estimate of drug-likeness (QED) is 0.870. The Balaban J connectivity index is 1.86. The van der Waals surface area contributed by atoms with Gasteiger partial charge in [0, 0.05) is 22.3 Å². The van der Waals surface area contributed by atoms with Gasteiger partial charge in [0.05, 0.1) is 0 Å². The minimum Gasteiger partial charge on any atom is -0.334 e. The normalized spacial score (nSPS) is 10.0. The monoisotopic (exact) mass is 294 g/mol. The Kier molecular flexibility index (Phi) is 4.66. The van der Waals surface area contributed by atoms with E-state index in [9.17, 15) is 4.79 Å². The van der Waals surface area contributed by atoms with Crippen molar-refractivity contribution >= 4 is 34.9 Å². The number of amides is 2. The van der Waals surface area contributed by atoms with E-state index in [1.807, 2.05) is 12.1 Å². The Morgan fingerprint density at radius 3 is 2.42 bits per heavy atom. The van der Waals surface area contributed by atoms with Gasteiger partial charge in [-0.3, -0.25) is 0 Å². The van der Waals surface area contributed by atoms with E-state index in [-0.39, 0.29) is 6.03 Å². The van der Waals surface area contributed by atoms with Crippen LogP contribution < -0.4 is 10.6 Å². The van der Waals surface area contributed by atoms with Gasteiger partial charge in [-0.05, 0) is 35.9 Å². The van der Waals surface area contributed by atoms with Gasteiger partial charge in [-0.15, -0.1) is 0 Å². The van der Waals surface area contributed by atoms with E-state index >= 15 is 0 Å². The number of anilines is 1. The van der Waals surface area contributed by atoms with Crippen LogP contribution in [0.5, 0.6) is 0 Å². The summed E-state index contributed by atoms with van der Waals surface area (Å²) in [5.74, 6) is 0. The van der Waals surface area contributed by atoms with Gasteiger partial charge in [-0.1, -0.05) is 41.4 Å². The molecule has 2 rings (SSSR count). The molecule has 0 unspecified atom stereocenters. The van der Waals surface area contributed by atoms with Crippen LogP contribution in [0.2, 0.25) is 10.0 Å². The molecule has 2 N–H and O–H groups in total. The van der Waals surface area contributed by atoms with Crippen LogP contribution >= 0.6 is 23.2 Å². The van der Waals surface area contributed by atoms with E-state index < -0.39 is 0 Å². The average Bonchev–Trinajstić information content (AvgIpc) is 2.38. The van der Waals surface area contributed by atoms with Gasteiger partial charge in [0.25, 0.3) is 0 Å². The van der Waals surface area contributed by atoms with Gasteiger partial charge in [0.15, 0.2) is 0 Å². The van der Waals surface area contributed by atoms with Crippen LogP contribution in [0.4, 0.5) is 10.5 Å². The van der Waals surface area contributed by atoms with Gasteiger partial charge < -0.3 is 10.6 Å². The SMILES string of the molecule is O=C(NCc1ccc(Cl)cc1)Nc1cccc(Cl)c1. The molecular formula is C14H12Cl2N2O. The third-order valence-electron chi connectivity index (χ3n) is 2.45. The van der Waals surface area contributed by atoms with Gasteiger partial charge in [-0.25, -0.2) is 4.79 Å². The van der Waals surface area contributed by atoms with E-state index in [1.54, 1.807) is 36.4 Å². The summed E-state index contributed by atoms with van der Waals surface area (Å²) in [4.78, 5) is 11.7. The lowest BCUT2D eigenvalue weighted by atomic mass is 10.2. The molecule has 2 amide bonds. The molecule has 0 saturated heterocycles. The summed E-state index contributed by atoms with van der Waals surface area (Å²) < 4.78 is 0. The van der Waals surface area contributed by atoms with E-state index in [1.165, 1.54) is 0 Å². The molecular weight excluding hydrogens is 283 g/mol. The summed E-state index contributed by atoms with van der Waals surface area (Å²) in [6, 6.07) is 14.0. The number of urea groups is 1. The van der Waals surface area contributed by atoms with Crippen molar-refractivity contribution in [2.24, 2.45) is 0 Å². The number of rotatable bonds is 3. The maximum Gasteiger partial charge on any atom is 0.319 e. The molecule has 0 spiro atoms. The van der Waals surface area contributed by atoms with Crippen LogP contribution in [-0.2, 0) is 6.54 Å². The van der Waals surface area contributed by atoms with Crippen LogP contribution in [0, 0.1) is 0 Å². The standard InChI is InChI=1S/C14H12Cl2N2O/c15-11-6-4-10(5-7-11)9-17-14(19)18-13-3-1-2-12(16)8-13/h1-8H,9H2,(H2,17,18,19). The molecule has 2 aromatic rings. The van der Waals surface area contributed by atoms with Crippen molar-refractivity contribution in [3.8, 4) is 0 Å². The predicted molar refractivity (Wildman–Crippen MR) is 78.8 cm³/mol. The molecule has 2 aromatic carbocycles. The zero-order valence-corrected chi connectivity index (χ0v) is 11.5. The van der Waals surface area contributed by atoms with Crippen LogP contribution in [0.3, 0.4) is 0 Å². The fourth-order valence-electron chi connectivity index (χ4n) is 1.53. The summed E-state index contributed by atoms with van der Waals surface area (Å²) in [6.45, 7) is 0.434. The van der Waals surface area contributed by atoms with Crippen molar-refractivity contribution < 1.29 is 4.79 Å². The molecule has 0 aliphatic rings. The molecule has 0 radical (unpaired) electrons. The number of nitrogens with one attached hydrogen (secondary N) is 2. The second-order valence-corrected chi connectivity index (χ2v) is 4.82. The molecule has 0 atom stereocenters. The molecule has 0 heterocycles. The van der Waals surface area contributed by atoms with Crippen molar-refractivity contribution in [2.45, 2.75) is 6.54 Å². The first-order valence-electron chi connectivity index (χ1n) is 5.68. The molecule has 0 fully saturated rings. The Morgan fingerprint density at radius 2 is 1.74 bits per heavy atom. The molecule has 0 bridgehead atoms. The molecule has 0 saturated carbocycles. The highest BCUT2D eigenvalue weighted by Crippen LogP contribution is 2.14. The lowest BCUT2D eigenvalue weighted by molar-refractivity contribution is 0.251. The smallest absolute Gasteiger partial charge is 0.319 e. The van der Waals surface area contributed by atoms with E-state index in [0.29, 0.717) is 22.3 Å². The molecule has 3 nitrogen and oxygen atoms in total. The second kappa shape index (κ2) is 6.45. The summed E-state index contributed by atoms with van der Waals surface area (Å²) in [5, 5.41) is 6.71. The van der Waals surface area contributed by atoms with Crippen LogP contribution in [0.1, 0.15) is 5.56 Å². The van der Waals surface area contributed by atoms with E-state index in [0.717, 1.165) is 5.56 Å². The average molecular weight is 295 g/mol. The van der Waals surface area contributed by atoms with Gasteiger partial charge in [-0.2, -0.15) is 0 Å². The number of halogens is 2. The van der Waals surface area contributed by atoms with Gasteiger partial charge >= 0.3 is 6.03 Å². The lowest BCUT2D eigenvalue weighted by Gasteiger charge is -2.08. The van der Waals surface area contributed by atoms with Crippen molar-refractivity contribution in [3.63, 3.8) is 0 Å². The molecule has 5 heteroatoms. The topological polar surface area (TPSA) is 41.1 Å². The lowest BCUT2D eigenvalue weighted by Crippen LogP contribution is -2.28. The highest BCUT2D eigenvalue weighted by Gasteiger charge is 2.02. The molecule has 98 valence electrons. The van der Waals surface area contributed by atoms with Crippen LogP contribution in [0.25, 0.3) is 0 Å².